The predicted molar refractivity (Wildman–Crippen MR) is 110 cm³/mol. The number of nitrogens with one attached hydrogen (secondary N) is 1. The van der Waals surface area contributed by atoms with Crippen LogP contribution in [0, 0.1) is 29.6 Å². The average molecular weight is 403 g/mol. The Balaban J connectivity index is 2.22. The summed E-state index contributed by atoms with van der Waals surface area (Å²) in [7, 11) is -3.96. The van der Waals surface area contributed by atoms with E-state index in [2.05, 4.69) is 9.71 Å². The van der Waals surface area contributed by atoms with Gasteiger partial charge < -0.3 is 5.73 Å². The van der Waals surface area contributed by atoms with E-state index in [-0.39, 0.29) is 34.1 Å². The van der Waals surface area contributed by atoms with Crippen LogP contribution in [-0.4, -0.2) is 13.4 Å². The van der Waals surface area contributed by atoms with Gasteiger partial charge in [-0.1, -0.05) is 48.0 Å². The largest absolute Gasteiger partial charge is 0.397 e. The van der Waals surface area contributed by atoms with Gasteiger partial charge in [-0.05, 0) is 24.6 Å². The van der Waals surface area contributed by atoms with Crippen LogP contribution in [0.1, 0.15) is 16.8 Å². The number of nitriles is 2. The highest BCUT2D eigenvalue weighted by Crippen LogP contribution is 2.36. The maximum atomic E-state index is 12.9. The topological polar surface area (TPSA) is 133 Å². The predicted octanol–water partition coefficient (Wildman–Crippen LogP) is 3.38. The zero-order valence-electron chi connectivity index (χ0n) is 15.5. The fraction of sp³-hybridized carbons (Fsp3) is 0.0952. The summed E-state index contributed by atoms with van der Waals surface area (Å²) < 4.78 is 28.3. The molecule has 2 aromatic carbocycles. The van der Waals surface area contributed by atoms with Crippen LogP contribution < -0.4 is 10.5 Å². The first kappa shape index (κ1) is 19.9. The molecule has 0 bridgehead atoms. The van der Waals surface area contributed by atoms with Crippen molar-refractivity contribution in [2.75, 3.05) is 10.5 Å². The second-order valence-corrected chi connectivity index (χ2v) is 7.98. The quantitative estimate of drug-likeness (QED) is 0.671. The Morgan fingerprint density at radius 1 is 1.07 bits per heavy atom. The molecule has 1 aromatic heterocycles. The highest BCUT2D eigenvalue weighted by Gasteiger charge is 2.23. The minimum Gasteiger partial charge on any atom is -0.397 e. The first-order valence-corrected chi connectivity index (χ1v) is 10.1. The average Bonchev–Trinajstić information content (AvgIpc) is 2.69. The van der Waals surface area contributed by atoms with E-state index < -0.39 is 10.0 Å². The number of nitrogen functional groups attached to an aromatic ring is 1. The van der Waals surface area contributed by atoms with E-state index in [4.69, 9.17) is 11.0 Å². The molecule has 0 atom stereocenters. The summed E-state index contributed by atoms with van der Waals surface area (Å²) in [6.07, 6.45) is -0.179. The Bertz CT molecular complexity index is 1240. The number of hydrogen-bond acceptors (Lipinski definition) is 6. The summed E-state index contributed by atoms with van der Waals surface area (Å²) in [6, 6.07) is 19.1. The highest BCUT2D eigenvalue weighted by molar-refractivity contribution is 7.92. The lowest BCUT2D eigenvalue weighted by molar-refractivity contribution is 0.601. The van der Waals surface area contributed by atoms with Crippen molar-refractivity contribution in [3.63, 3.8) is 0 Å². The molecule has 0 saturated heterocycles. The Hall–Kier alpha value is -3.88. The summed E-state index contributed by atoms with van der Waals surface area (Å²) >= 11 is 0. The molecule has 0 spiro atoms. The maximum Gasteiger partial charge on any atom is 0.263 e. The van der Waals surface area contributed by atoms with Crippen LogP contribution in [0.25, 0.3) is 11.1 Å². The van der Waals surface area contributed by atoms with E-state index in [0.717, 1.165) is 5.56 Å². The van der Waals surface area contributed by atoms with Gasteiger partial charge in [-0.3, -0.25) is 4.72 Å². The van der Waals surface area contributed by atoms with Crippen molar-refractivity contribution in [1.82, 2.24) is 4.98 Å². The molecule has 3 N–H and O–H groups in total. The van der Waals surface area contributed by atoms with Gasteiger partial charge in [-0.2, -0.15) is 10.5 Å². The number of hydrogen-bond donors (Lipinski definition) is 2. The van der Waals surface area contributed by atoms with Crippen LogP contribution in [0.15, 0.2) is 59.5 Å². The Morgan fingerprint density at radius 2 is 1.72 bits per heavy atom. The van der Waals surface area contributed by atoms with Gasteiger partial charge in [0.2, 0.25) is 0 Å². The first-order valence-electron chi connectivity index (χ1n) is 8.61. The van der Waals surface area contributed by atoms with E-state index in [9.17, 15) is 13.7 Å². The van der Waals surface area contributed by atoms with Crippen molar-refractivity contribution < 1.29 is 8.42 Å². The van der Waals surface area contributed by atoms with Crippen LogP contribution >= 0.6 is 0 Å². The molecule has 0 unspecified atom stereocenters. The van der Waals surface area contributed by atoms with Gasteiger partial charge in [-0.25, -0.2) is 13.4 Å². The number of nitrogens with zero attached hydrogens (tertiary/aromatic N) is 3. The molecule has 0 fully saturated rings. The van der Waals surface area contributed by atoms with Gasteiger partial charge in [0.05, 0.1) is 34.3 Å². The molecule has 0 radical (unpaired) electrons. The van der Waals surface area contributed by atoms with Crippen LogP contribution in [0.3, 0.4) is 0 Å². The lowest BCUT2D eigenvalue weighted by Gasteiger charge is -2.17. The van der Waals surface area contributed by atoms with Gasteiger partial charge in [0.15, 0.2) is 0 Å². The number of rotatable bonds is 5. The maximum absolute atomic E-state index is 12.9. The van der Waals surface area contributed by atoms with Crippen LogP contribution in [-0.2, 0) is 16.4 Å². The molecule has 0 aliphatic carbocycles. The van der Waals surface area contributed by atoms with Crippen molar-refractivity contribution >= 4 is 21.5 Å². The van der Waals surface area contributed by atoms with E-state index in [1.165, 1.54) is 12.1 Å². The Kier molecular flexibility index (Phi) is 5.49. The Labute approximate surface area is 169 Å². The van der Waals surface area contributed by atoms with Crippen LogP contribution in [0.4, 0.5) is 11.5 Å². The molecule has 0 aliphatic heterocycles. The summed E-state index contributed by atoms with van der Waals surface area (Å²) in [5, 5.41) is 18.6. The van der Waals surface area contributed by atoms with Crippen molar-refractivity contribution in [3.05, 3.63) is 71.4 Å². The third-order valence-corrected chi connectivity index (χ3v) is 5.65. The van der Waals surface area contributed by atoms with E-state index >= 15 is 0 Å². The zero-order valence-corrected chi connectivity index (χ0v) is 16.4. The number of nitrogens with two attached hydrogens (primary N) is 1. The summed E-state index contributed by atoms with van der Waals surface area (Å²) in [6.45, 7) is 1.86. The molecule has 7 nitrogen and oxygen atoms in total. The zero-order chi connectivity index (χ0) is 21.0. The molecule has 0 aliphatic rings. The smallest absolute Gasteiger partial charge is 0.263 e. The minimum atomic E-state index is -3.96. The SMILES string of the molecule is Cc1ccc(S(=O)(=O)Nc2nc(CC#N)c(C#N)c(N)c2-c2ccccc2)cc1. The molecule has 1 heterocycles. The Morgan fingerprint density at radius 3 is 2.31 bits per heavy atom. The molecule has 0 saturated carbocycles. The molecule has 8 heteroatoms. The molecule has 3 rings (SSSR count). The van der Waals surface area contributed by atoms with Crippen molar-refractivity contribution in [2.24, 2.45) is 0 Å². The van der Waals surface area contributed by atoms with Gasteiger partial charge >= 0.3 is 0 Å². The molecule has 29 heavy (non-hydrogen) atoms. The summed E-state index contributed by atoms with van der Waals surface area (Å²) in [4.78, 5) is 4.35. The van der Waals surface area contributed by atoms with Gasteiger partial charge in [0.1, 0.15) is 11.9 Å². The normalized spacial score (nSPS) is 10.7. The minimum absolute atomic E-state index is 0.0291. The fourth-order valence-electron chi connectivity index (χ4n) is 2.86. The monoisotopic (exact) mass is 403 g/mol. The standard InChI is InChI=1S/C21H17N5O2S/c1-14-7-9-16(10-8-14)29(27,28)26-21-19(15-5-3-2-4-6-15)20(24)17(13-23)18(25-21)11-12-22/h2-10H,11H2,1H3,(H3,24,25,26). The number of aryl methyl sites for hydroxylation is 1. The lowest BCUT2D eigenvalue weighted by Crippen LogP contribution is -2.17. The number of aromatic nitrogens is 1. The molecular formula is C21H17N5O2S. The molecule has 144 valence electrons. The first-order chi connectivity index (χ1) is 13.9. The van der Waals surface area contributed by atoms with Crippen molar-refractivity contribution in [3.8, 4) is 23.3 Å². The van der Waals surface area contributed by atoms with Gasteiger partial charge in [0, 0.05) is 5.56 Å². The van der Waals surface area contributed by atoms with E-state index in [1.807, 2.05) is 19.1 Å². The lowest BCUT2D eigenvalue weighted by atomic mass is 9.99. The summed E-state index contributed by atoms with van der Waals surface area (Å²) in [5.74, 6) is -0.0291. The second-order valence-electron chi connectivity index (χ2n) is 6.30. The third kappa shape index (κ3) is 4.03. The highest BCUT2D eigenvalue weighted by atomic mass is 32.2. The van der Waals surface area contributed by atoms with Crippen LogP contribution in [0.2, 0.25) is 0 Å². The van der Waals surface area contributed by atoms with Crippen molar-refractivity contribution in [2.45, 2.75) is 18.2 Å². The van der Waals surface area contributed by atoms with Crippen molar-refractivity contribution in [1.29, 1.82) is 10.5 Å². The number of benzene rings is 2. The van der Waals surface area contributed by atoms with Gasteiger partial charge in [0.25, 0.3) is 10.0 Å². The number of pyridine rings is 1. The number of anilines is 2. The molecular weight excluding hydrogens is 386 g/mol. The van der Waals surface area contributed by atoms with Gasteiger partial charge in [-0.15, -0.1) is 0 Å². The molecule has 0 amide bonds. The second kappa shape index (κ2) is 8.01. The third-order valence-electron chi connectivity index (χ3n) is 4.29. The summed E-state index contributed by atoms with van der Waals surface area (Å²) in [5.41, 5.74) is 8.29. The van der Waals surface area contributed by atoms with E-state index in [1.54, 1.807) is 42.5 Å². The van der Waals surface area contributed by atoms with E-state index in [0.29, 0.717) is 11.1 Å². The molecule has 3 aromatic rings. The van der Waals surface area contributed by atoms with Crippen LogP contribution in [0.5, 0.6) is 0 Å². The number of sulfonamides is 1. The fourth-order valence-corrected chi connectivity index (χ4v) is 3.87.